The van der Waals surface area contributed by atoms with Gasteiger partial charge in [-0.25, -0.2) is 4.79 Å². The van der Waals surface area contributed by atoms with E-state index in [9.17, 15) is 9.59 Å². The van der Waals surface area contributed by atoms with Crippen LogP contribution in [0.4, 0.5) is 16.2 Å². The average molecular weight is 512 g/mol. The lowest BCUT2D eigenvalue weighted by molar-refractivity contribution is 0.0958. The fourth-order valence-electron chi connectivity index (χ4n) is 3.73. The van der Waals surface area contributed by atoms with Crippen LogP contribution in [0, 0.1) is 0 Å². The molecule has 38 heavy (non-hydrogen) atoms. The highest BCUT2D eigenvalue weighted by Crippen LogP contribution is 2.31. The Labute approximate surface area is 217 Å². The van der Waals surface area contributed by atoms with Crippen molar-refractivity contribution < 1.29 is 18.8 Å². The zero-order valence-electron chi connectivity index (χ0n) is 20.9. The first-order chi connectivity index (χ1) is 18.4. The maximum atomic E-state index is 12.9. The molecule has 0 atom stereocenters. The number of fused-ring (bicyclic) bond motifs is 1. The first-order valence-corrected chi connectivity index (χ1v) is 11.9. The fourth-order valence-corrected chi connectivity index (χ4v) is 3.73. The van der Waals surface area contributed by atoms with Crippen LogP contribution in [-0.2, 0) is 0 Å². The molecule has 0 bridgehead atoms. The van der Waals surface area contributed by atoms with Gasteiger partial charge in [-0.3, -0.25) is 14.5 Å². The number of benzene rings is 2. The molecule has 5 aromatic rings. The standard InChI is InChI=1S/C27H25N7O4/c1-16(2)34-15-23(25(33-34)17-4-9-24-18(12-17)14-30-38-24)32-27(36)31-19-5-7-20(8-6-19)37-21-10-11-29-22(13-21)26(35)28-3/h4-16H,1-3H3,(H,28,35)(H2,31,32,36). The van der Waals surface area contributed by atoms with Gasteiger partial charge in [-0.1, -0.05) is 5.16 Å². The van der Waals surface area contributed by atoms with Crippen LogP contribution in [0.2, 0.25) is 0 Å². The van der Waals surface area contributed by atoms with E-state index >= 15 is 0 Å². The van der Waals surface area contributed by atoms with Crippen LogP contribution < -0.4 is 20.7 Å². The number of nitrogens with zero attached hydrogens (tertiary/aromatic N) is 4. The molecule has 0 fully saturated rings. The van der Waals surface area contributed by atoms with Crippen LogP contribution in [0.3, 0.4) is 0 Å². The summed E-state index contributed by atoms with van der Waals surface area (Å²) >= 11 is 0. The summed E-state index contributed by atoms with van der Waals surface area (Å²) < 4.78 is 12.8. The van der Waals surface area contributed by atoms with E-state index in [1.807, 2.05) is 32.0 Å². The average Bonchev–Trinajstić information content (AvgIpc) is 3.56. The number of hydrogen-bond donors (Lipinski definition) is 3. The molecule has 192 valence electrons. The number of nitrogens with one attached hydrogen (secondary N) is 3. The second-order valence-electron chi connectivity index (χ2n) is 8.71. The topological polar surface area (TPSA) is 136 Å². The number of anilines is 2. The molecule has 0 saturated heterocycles. The Balaban J connectivity index is 1.28. The smallest absolute Gasteiger partial charge is 0.323 e. The van der Waals surface area contributed by atoms with Gasteiger partial charge < -0.3 is 25.2 Å². The van der Waals surface area contributed by atoms with E-state index in [2.05, 4.69) is 31.2 Å². The summed E-state index contributed by atoms with van der Waals surface area (Å²) in [6, 6.07) is 15.4. The third-order valence-corrected chi connectivity index (χ3v) is 5.67. The molecule has 3 aromatic heterocycles. The highest BCUT2D eigenvalue weighted by Gasteiger charge is 2.16. The number of aromatic nitrogens is 4. The molecule has 0 aliphatic rings. The molecule has 3 heterocycles. The highest BCUT2D eigenvalue weighted by molar-refractivity contribution is 6.02. The third kappa shape index (κ3) is 5.31. The minimum absolute atomic E-state index is 0.104. The van der Waals surface area contributed by atoms with E-state index < -0.39 is 6.03 Å². The number of ether oxygens (including phenoxy) is 1. The lowest BCUT2D eigenvalue weighted by Gasteiger charge is -2.10. The van der Waals surface area contributed by atoms with Crippen LogP contribution in [-0.4, -0.2) is 38.9 Å². The molecule has 0 radical (unpaired) electrons. The Morgan fingerprint density at radius 3 is 2.58 bits per heavy atom. The van der Waals surface area contributed by atoms with Gasteiger partial charge >= 0.3 is 6.03 Å². The maximum absolute atomic E-state index is 12.9. The van der Waals surface area contributed by atoms with Gasteiger partial charge in [0.2, 0.25) is 0 Å². The number of pyridine rings is 1. The van der Waals surface area contributed by atoms with Crippen LogP contribution in [0.25, 0.3) is 22.2 Å². The Bertz CT molecular complexity index is 1610. The van der Waals surface area contributed by atoms with Crippen molar-refractivity contribution in [3.8, 4) is 22.8 Å². The van der Waals surface area contributed by atoms with Crippen LogP contribution in [0.1, 0.15) is 30.4 Å². The minimum Gasteiger partial charge on any atom is -0.457 e. The highest BCUT2D eigenvalue weighted by atomic mass is 16.5. The molecule has 0 aliphatic heterocycles. The SMILES string of the molecule is CNC(=O)c1cc(Oc2ccc(NC(=O)Nc3cn(C(C)C)nc3-c3ccc4oncc4c3)cc2)ccn1. The summed E-state index contributed by atoms with van der Waals surface area (Å²) in [5.74, 6) is 0.702. The summed E-state index contributed by atoms with van der Waals surface area (Å²) in [5, 5.41) is 17.6. The third-order valence-electron chi connectivity index (χ3n) is 5.67. The number of amides is 3. The number of urea groups is 1. The van der Waals surface area contributed by atoms with Crippen molar-refractivity contribution in [1.82, 2.24) is 25.2 Å². The van der Waals surface area contributed by atoms with E-state index in [-0.39, 0.29) is 17.6 Å². The molecular formula is C27H25N7O4. The minimum atomic E-state index is -0.418. The number of carbonyl (C=O) groups is 2. The number of rotatable bonds is 7. The van der Waals surface area contributed by atoms with Crippen LogP contribution in [0.15, 0.2) is 77.7 Å². The van der Waals surface area contributed by atoms with E-state index in [1.54, 1.807) is 53.5 Å². The molecule has 0 aliphatic carbocycles. The predicted octanol–water partition coefficient (Wildman–Crippen LogP) is 5.46. The normalized spacial score (nSPS) is 10.9. The van der Waals surface area contributed by atoms with Gasteiger partial charge in [0.15, 0.2) is 5.58 Å². The summed E-state index contributed by atoms with van der Waals surface area (Å²) in [6.07, 6.45) is 4.94. The van der Waals surface area contributed by atoms with Crippen molar-refractivity contribution in [3.05, 3.63) is 78.9 Å². The molecule has 5 rings (SSSR count). The molecule has 2 aromatic carbocycles. The quantitative estimate of drug-likeness (QED) is 0.264. The van der Waals surface area contributed by atoms with Crippen molar-refractivity contribution in [3.63, 3.8) is 0 Å². The van der Waals surface area contributed by atoms with E-state index in [0.29, 0.717) is 34.2 Å². The summed E-state index contributed by atoms with van der Waals surface area (Å²) in [6.45, 7) is 4.03. The van der Waals surface area contributed by atoms with Gasteiger partial charge in [-0.05, 0) is 62.4 Å². The Morgan fingerprint density at radius 2 is 1.82 bits per heavy atom. The molecule has 11 heteroatoms. The van der Waals surface area contributed by atoms with Gasteiger partial charge in [0.25, 0.3) is 5.91 Å². The first kappa shape index (κ1) is 24.5. The van der Waals surface area contributed by atoms with E-state index in [4.69, 9.17) is 9.26 Å². The zero-order valence-corrected chi connectivity index (χ0v) is 20.9. The van der Waals surface area contributed by atoms with Crippen LogP contribution >= 0.6 is 0 Å². The molecule has 0 spiro atoms. The lowest BCUT2D eigenvalue weighted by Crippen LogP contribution is -2.19. The van der Waals surface area contributed by atoms with Gasteiger partial charge in [-0.15, -0.1) is 0 Å². The second-order valence-corrected chi connectivity index (χ2v) is 8.71. The zero-order chi connectivity index (χ0) is 26.6. The van der Waals surface area contributed by atoms with E-state index in [1.165, 1.54) is 13.2 Å². The largest absolute Gasteiger partial charge is 0.457 e. The first-order valence-electron chi connectivity index (χ1n) is 11.9. The molecule has 3 amide bonds. The number of carbonyl (C=O) groups excluding carboxylic acids is 2. The Kier molecular flexibility index (Phi) is 6.72. The van der Waals surface area contributed by atoms with Crippen molar-refractivity contribution in [2.45, 2.75) is 19.9 Å². The van der Waals surface area contributed by atoms with Crippen molar-refractivity contribution >= 4 is 34.3 Å². The summed E-state index contributed by atoms with van der Waals surface area (Å²) in [7, 11) is 1.54. The Hall–Kier alpha value is -5.19. The predicted molar refractivity (Wildman–Crippen MR) is 142 cm³/mol. The maximum Gasteiger partial charge on any atom is 0.323 e. The lowest BCUT2D eigenvalue weighted by atomic mass is 10.1. The van der Waals surface area contributed by atoms with Gasteiger partial charge in [-0.2, -0.15) is 5.10 Å². The molecular weight excluding hydrogens is 486 g/mol. The van der Waals surface area contributed by atoms with Crippen molar-refractivity contribution in [1.29, 1.82) is 0 Å². The fraction of sp³-hybridized carbons (Fsp3) is 0.148. The van der Waals surface area contributed by atoms with Crippen molar-refractivity contribution in [2.24, 2.45) is 0 Å². The summed E-state index contributed by atoms with van der Waals surface area (Å²) in [4.78, 5) is 28.7. The molecule has 3 N–H and O–H groups in total. The number of hydrogen-bond acceptors (Lipinski definition) is 7. The monoisotopic (exact) mass is 511 g/mol. The Morgan fingerprint density at radius 1 is 1.00 bits per heavy atom. The van der Waals surface area contributed by atoms with Gasteiger partial charge in [0.05, 0.1) is 11.9 Å². The molecule has 11 nitrogen and oxygen atoms in total. The van der Waals surface area contributed by atoms with Crippen LogP contribution in [0.5, 0.6) is 11.5 Å². The summed E-state index contributed by atoms with van der Waals surface area (Å²) in [5.41, 5.74) is 3.52. The van der Waals surface area contributed by atoms with Gasteiger partial charge in [0.1, 0.15) is 22.9 Å². The second kappa shape index (κ2) is 10.4. The van der Waals surface area contributed by atoms with E-state index in [0.717, 1.165) is 10.9 Å². The van der Waals surface area contributed by atoms with Gasteiger partial charge in [0, 0.05) is 48.2 Å². The molecule has 0 saturated carbocycles. The molecule has 0 unspecified atom stereocenters. The van der Waals surface area contributed by atoms with Crippen molar-refractivity contribution in [2.75, 3.05) is 17.7 Å².